The maximum absolute atomic E-state index is 13.4. The number of nitrogen functional groups attached to an aromatic ring is 2. The van der Waals surface area contributed by atoms with E-state index in [-0.39, 0.29) is 36.0 Å². The molecular formula is C30H36N12O17P2. The summed E-state index contributed by atoms with van der Waals surface area (Å²) in [6, 6.07) is 7.34. The third-order valence-electron chi connectivity index (χ3n) is 8.80. The molecule has 1 aromatic carbocycles. The molecule has 61 heavy (non-hydrogen) atoms. The maximum Gasteiger partial charge on any atom is 0.472 e. The van der Waals surface area contributed by atoms with Crippen LogP contribution in [0.2, 0.25) is 0 Å². The lowest BCUT2D eigenvalue weighted by Gasteiger charge is -2.25. The van der Waals surface area contributed by atoms with Crippen LogP contribution in [0.4, 0.5) is 22.1 Å². The highest BCUT2D eigenvalue weighted by Gasteiger charge is 2.52. The van der Waals surface area contributed by atoms with E-state index in [1.54, 1.807) is 12.1 Å². The summed E-state index contributed by atoms with van der Waals surface area (Å²) in [4.78, 5) is 85.4. The number of nitrogens with one attached hydrogen (secondary N) is 1. The van der Waals surface area contributed by atoms with Crippen LogP contribution >= 0.6 is 15.6 Å². The molecule has 2 fully saturated rings. The summed E-state index contributed by atoms with van der Waals surface area (Å²) in [6.45, 7) is -2.45. The molecule has 0 spiro atoms. The fourth-order valence-corrected chi connectivity index (χ4v) is 7.33. The minimum Gasteiger partial charge on any atom is -0.456 e. The number of anilines is 2. The minimum absolute atomic E-state index is 0.0194. The third-order valence-corrected chi connectivity index (χ3v) is 10.3. The first-order chi connectivity index (χ1) is 28.9. The van der Waals surface area contributed by atoms with Crippen LogP contribution in [-0.4, -0.2) is 122 Å². The van der Waals surface area contributed by atoms with Gasteiger partial charge in [-0.15, -0.1) is 0 Å². The quantitative estimate of drug-likeness (QED) is 0.0219. The zero-order chi connectivity index (χ0) is 44.1. The lowest BCUT2D eigenvalue weighted by molar-refractivity contribution is -0.156. The summed E-state index contributed by atoms with van der Waals surface area (Å²) in [5.41, 5.74) is 20.0. The first kappa shape index (κ1) is 44.9. The number of aromatic nitrogens is 6. The van der Waals surface area contributed by atoms with Crippen LogP contribution in [0.15, 0.2) is 59.1 Å². The molecular weight excluding hydrogens is 862 g/mol. The molecule has 0 radical (unpaired) electrons. The van der Waals surface area contributed by atoms with Crippen molar-refractivity contribution in [2.24, 2.45) is 5.11 Å². The van der Waals surface area contributed by atoms with Crippen LogP contribution in [-0.2, 0) is 53.1 Å². The van der Waals surface area contributed by atoms with Crippen molar-refractivity contribution < 1.29 is 76.1 Å². The standard InChI is InChI=1S/C30H36N12O17P2/c31-18-6-8-41(29(46)38-18)27-22(45)24(17(57-27)10-54-60(48,49)50)59-61(51,52)55-11-16-23(21(44)28(56-16)42-13-37-20-25(32)35-12-36-26(20)42)58-19(43)5-7-34-30(47)53-9-14-1-3-15(4-2-14)39-40-33/h1-4,6,8,12-13,16-17,21-24,27-28,44-45H,5,7,9-11H2,(H,34,47)(H,51,52)(H2,31,38,46)(H2,32,35,36)(H2,48,49,50)/t16-,17-,21-,22-,23-,24-,27-,28-/m1/s1. The number of amides is 1. The number of phosphoric ester groups is 2. The van der Waals surface area contributed by atoms with Gasteiger partial charge in [0.1, 0.15) is 54.8 Å². The highest BCUT2D eigenvalue weighted by Crippen LogP contribution is 2.50. The topological polar surface area (TPSA) is 425 Å². The van der Waals surface area contributed by atoms with Crippen molar-refractivity contribution in [2.75, 3.05) is 31.2 Å². The van der Waals surface area contributed by atoms with Crippen molar-refractivity contribution in [3.05, 3.63) is 75.7 Å². The molecule has 328 valence electrons. The number of carbonyl (C=O) groups excluding carboxylic acids is 2. The van der Waals surface area contributed by atoms with E-state index in [0.717, 1.165) is 23.2 Å². The van der Waals surface area contributed by atoms with Gasteiger partial charge in [-0.05, 0) is 17.2 Å². The molecule has 2 aliphatic rings. The van der Waals surface area contributed by atoms with Gasteiger partial charge < -0.3 is 60.6 Å². The molecule has 6 rings (SSSR count). The predicted octanol–water partition coefficient (Wildman–Crippen LogP) is -0.454. The fraction of sp³-hybridized carbons (Fsp3) is 0.433. The smallest absolute Gasteiger partial charge is 0.456 e. The van der Waals surface area contributed by atoms with Crippen molar-refractivity contribution in [2.45, 2.75) is 62.1 Å². The SMILES string of the molecule is [N-]=[N+]=Nc1ccc(COC(=O)NCCC(=O)O[C@H]2[C@@H](O)[C@H](n3cnc4c(N)ncnc43)O[C@@H]2COP(=O)(O)O[C@H]2[C@@H](O)[C@H](n3ccc(N)nc3=O)O[C@@H]2COP(=O)(O)O)cc1. The Morgan fingerprint density at radius 1 is 0.951 bits per heavy atom. The monoisotopic (exact) mass is 898 g/mol. The van der Waals surface area contributed by atoms with Crippen LogP contribution in [0.3, 0.4) is 0 Å². The number of hydrogen-bond donors (Lipinski definition) is 8. The molecule has 2 aliphatic heterocycles. The van der Waals surface area contributed by atoms with Crippen LogP contribution in [0.1, 0.15) is 24.4 Å². The van der Waals surface area contributed by atoms with Gasteiger partial charge in [0.05, 0.1) is 26.0 Å². The molecule has 0 aliphatic carbocycles. The van der Waals surface area contributed by atoms with Gasteiger partial charge in [0, 0.05) is 23.3 Å². The summed E-state index contributed by atoms with van der Waals surface area (Å²) in [5, 5.41) is 28.3. The number of hydrogen-bond acceptors (Lipinski definition) is 21. The Kier molecular flexibility index (Phi) is 14.0. The number of azide groups is 1. The lowest BCUT2D eigenvalue weighted by atomic mass is 10.1. The van der Waals surface area contributed by atoms with Crippen molar-refractivity contribution in [1.29, 1.82) is 0 Å². The van der Waals surface area contributed by atoms with E-state index in [0.29, 0.717) is 11.3 Å². The van der Waals surface area contributed by atoms with Gasteiger partial charge >= 0.3 is 33.4 Å². The lowest BCUT2D eigenvalue weighted by Crippen LogP contribution is -2.39. The normalized spacial score (nSPS) is 24.8. The van der Waals surface area contributed by atoms with E-state index < -0.39 is 102 Å². The Labute approximate surface area is 340 Å². The van der Waals surface area contributed by atoms with E-state index in [1.165, 1.54) is 23.0 Å². The molecule has 5 heterocycles. The summed E-state index contributed by atoms with van der Waals surface area (Å²) in [7, 11) is -10.6. The fourth-order valence-electron chi connectivity index (χ4n) is 6.03. The van der Waals surface area contributed by atoms with E-state index in [4.69, 9.17) is 45.0 Å². The number of aliphatic hydroxyl groups excluding tert-OH is 2. The van der Waals surface area contributed by atoms with Gasteiger partial charge in [0.25, 0.3) is 0 Å². The average molecular weight is 899 g/mol. The van der Waals surface area contributed by atoms with E-state index >= 15 is 0 Å². The first-order valence-corrected chi connectivity index (χ1v) is 20.5. The first-order valence-electron chi connectivity index (χ1n) is 17.5. The van der Waals surface area contributed by atoms with Gasteiger partial charge in [-0.3, -0.25) is 27.5 Å². The van der Waals surface area contributed by atoms with Crippen molar-refractivity contribution in [1.82, 2.24) is 34.4 Å². The number of esters is 1. The number of phosphoric acid groups is 2. The van der Waals surface area contributed by atoms with Gasteiger partial charge in [0.15, 0.2) is 30.0 Å². The van der Waals surface area contributed by atoms with Crippen LogP contribution in [0.25, 0.3) is 21.6 Å². The van der Waals surface area contributed by atoms with E-state index in [9.17, 15) is 48.4 Å². The van der Waals surface area contributed by atoms with Gasteiger partial charge in [0.2, 0.25) is 0 Å². The van der Waals surface area contributed by atoms with Crippen molar-refractivity contribution in [3.63, 3.8) is 0 Å². The summed E-state index contributed by atoms with van der Waals surface area (Å²) in [6.07, 6.45) is -11.7. The molecule has 3 aromatic heterocycles. The predicted molar refractivity (Wildman–Crippen MR) is 199 cm³/mol. The number of nitrogens with zero attached hydrogens (tertiary/aromatic N) is 9. The van der Waals surface area contributed by atoms with Crippen LogP contribution in [0.5, 0.6) is 0 Å². The minimum atomic E-state index is -5.39. The number of ether oxygens (including phenoxy) is 4. The van der Waals surface area contributed by atoms with Gasteiger partial charge in [-0.1, -0.05) is 29.4 Å². The van der Waals surface area contributed by atoms with Gasteiger partial charge in [-0.25, -0.2) is 33.7 Å². The van der Waals surface area contributed by atoms with E-state index in [2.05, 4.69) is 39.8 Å². The van der Waals surface area contributed by atoms with Crippen molar-refractivity contribution >= 4 is 56.2 Å². The number of benzene rings is 1. The largest absolute Gasteiger partial charge is 0.472 e. The Morgan fingerprint density at radius 3 is 2.31 bits per heavy atom. The average Bonchev–Trinajstić information content (AvgIpc) is 3.86. The highest BCUT2D eigenvalue weighted by atomic mass is 31.2. The second-order valence-electron chi connectivity index (χ2n) is 12.9. The molecule has 31 heteroatoms. The Hall–Kier alpha value is -5.64. The number of imidazole rings is 1. The van der Waals surface area contributed by atoms with Crippen LogP contribution in [0, 0.1) is 0 Å². The molecule has 1 amide bonds. The summed E-state index contributed by atoms with van der Waals surface area (Å²) in [5.74, 6) is -1.20. The van der Waals surface area contributed by atoms with Crippen molar-refractivity contribution in [3.8, 4) is 0 Å². The highest BCUT2D eigenvalue weighted by molar-refractivity contribution is 7.47. The zero-order valence-corrected chi connectivity index (χ0v) is 32.8. The summed E-state index contributed by atoms with van der Waals surface area (Å²) < 4.78 is 63.7. The number of nitrogens with two attached hydrogens (primary N) is 2. The second kappa shape index (κ2) is 19.0. The number of alkyl carbamates (subject to hydrolysis) is 1. The summed E-state index contributed by atoms with van der Waals surface area (Å²) >= 11 is 0. The van der Waals surface area contributed by atoms with E-state index in [1.807, 2.05) is 0 Å². The molecule has 9 atom stereocenters. The number of rotatable bonds is 17. The molecule has 1 unspecified atom stereocenters. The zero-order valence-electron chi connectivity index (χ0n) is 31.0. The van der Waals surface area contributed by atoms with Crippen LogP contribution < -0.4 is 22.5 Å². The molecule has 2 saturated heterocycles. The Morgan fingerprint density at radius 2 is 1.62 bits per heavy atom. The molecule has 4 aromatic rings. The number of fused-ring (bicyclic) bond motifs is 1. The number of carbonyl (C=O) groups is 2. The maximum atomic E-state index is 13.4. The molecule has 0 saturated carbocycles. The molecule has 29 nitrogen and oxygen atoms in total. The number of aliphatic hydroxyl groups is 2. The third kappa shape index (κ3) is 11.2. The second-order valence-corrected chi connectivity index (χ2v) is 15.6. The Bertz CT molecular complexity index is 2430. The Balaban J connectivity index is 1.13. The molecule has 10 N–H and O–H groups in total. The molecule has 0 bridgehead atoms. The van der Waals surface area contributed by atoms with Gasteiger partial charge in [-0.2, -0.15) is 4.98 Å².